The van der Waals surface area contributed by atoms with E-state index in [0.29, 0.717) is 12.1 Å². The number of carbonyl (C=O) groups is 1. The van der Waals surface area contributed by atoms with Crippen LogP contribution in [0.15, 0.2) is 29.3 Å². The third-order valence-corrected chi connectivity index (χ3v) is 3.75. The largest absolute Gasteiger partial charge is 0.383 e. The second-order valence-electron chi connectivity index (χ2n) is 6.05. The maximum absolute atomic E-state index is 11.9. The highest BCUT2D eigenvalue weighted by atomic mass is 127. The molecule has 0 aliphatic heterocycles. The molecule has 0 saturated carbocycles. The molecule has 0 radical (unpaired) electrons. The molecule has 0 heterocycles. The zero-order valence-electron chi connectivity index (χ0n) is 16.4. The van der Waals surface area contributed by atoms with Crippen LogP contribution in [0.1, 0.15) is 15.9 Å². The fourth-order valence-electron chi connectivity index (χ4n) is 2.15. The van der Waals surface area contributed by atoms with Crippen molar-refractivity contribution in [2.24, 2.45) is 4.99 Å². The standard InChI is InChI=1S/C18H31N5O2.HI/c1-19-18(20-10-11-23(4)12-13-25-5)21-14-15-6-8-16(9-7-15)17(24)22(2)3;/h6-9H,10-14H2,1-5H3,(H2,19,20,21);1H. The minimum atomic E-state index is 0. The van der Waals surface area contributed by atoms with Crippen molar-refractivity contribution in [3.05, 3.63) is 35.4 Å². The van der Waals surface area contributed by atoms with Crippen molar-refractivity contribution < 1.29 is 9.53 Å². The van der Waals surface area contributed by atoms with Gasteiger partial charge in [-0.1, -0.05) is 12.1 Å². The average Bonchev–Trinajstić information content (AvgIpc) is 2.62. The Bertz CT molecular complexity index is 549. The molecule has 0 unspecified atom stereocenters. The smallest absolute Gasteiger partial charge is 0.253 e. The van der Waals surface area contributed by atoms with Crippen molar-refractivity contribution in [1.29, 1.82) is 0 Å². The number of nitrogens with zero attached hydrogens (tertiary/aromatic N) is 3. The van der Waals surface area contributed by atoms with Crippen molar-refractivity contribution in [3.8, 4) is 0 Å². The van der Waals surface area contributed by atoms with Gasteiger partial charge in [0, 0.05) is 60.0 Å². The summed E-state index contributed by atoms with van der Waals surface area (Å²) in [5.74, 6) is 0.767. The maximum atomic E-state index is 11.9. The van der Waals surface area contributed by atoms with Gasteiger partial charge in [0.25, 0.3) is 5.91 Å². The van der Waals surface area contributed by atoms with E-state index in [1.165, 1.54) is 0 Å². The number of halogens is 1. The first-order valence-corrected chi connectivity index (χ1v) is 8.40. The molecule has 0 spiro atoms. The Morgan fingerprint density at radius 2 is 1.77 bits per heavy atom. The summed E-state index contributed by atoms with van der Waals surface area (Å²) in [6, 6.07) is 7.60. The Labute approximate surface area is 174 Å². The highest BCUT2D eigenvalue weighted by Gasteiger charge is 2.07. The van der Waals surface area contributed by atoms with Gasteiger partial charge in [0.05, 0.1) is 6.61 Å². The lowest BCUT2D eigenvalue weighted by Crippen LogP contribution is -2.41. The van der Waals surface area contributed by atoms with Crippen LogP contribution in [0.2, 0.25) is 0 Å². The lowest BCUT2D eigenvalue weighted by molar-refractivity contribution is 0.0827. The molecule has 0 aliphatic carbocycles. The molecule has 0 aliphatic rings. The quantitative estimate of drug-likeness (QED) is 0.319. The lowest BCUT2D eigenvalue weighted by atomic mass is 10.1. The topological polar surface area (TPSA) is 69.2 Å². The SMILES string of the molecule is CN=C(NCCN(C)CCOC)NCc1ccc(C(=O)N(C)C)cc1.I. The van der Waals surface area contributed by atoms with Crippen LogP contribution in [0.5, 0.6) is 0 Å². The van der Waals surface area contributed by atoms with Gasteiger partial charge < -0.3 is 25.2 Å². The van der Waals surface area contributed by atoms with Gasteiger partial charge in [0.15, 0.2) is 5.96 Å². The van der Waals surface area contributed by atoms with E-state index < -0.39 is 0 Å². The Hall–Kier alpha value is -1.39. The van der Waals surface area contributed by atoms with E-state index in [1.807, 2.05) is 24.3 Å². The van der Waals surface area contributed by atoms with Gasteiger partial charge in [-0.15, -0.1) is 24.0 Å². The first-order chi connectivity index (χ1) is 12.0. The molecule has 0 saturated heterocycles. The second kappa shape index (κ2) is 13.8. The fraction of sp³-hybridized carbons (Fsp3) is 0.556. The summed E-state index contributed by atoms with van der Waals surface area (Å²) in [6.07, 6.45) is 0. The number of guanidine groups is 1. The van der Waals surface area contributed by atoms with E-state index in [1.54, 1.807) is 33.2 Å². The molecule has 8 heteroatoms. The Kier molecular flexibility index (Phi) is 13.0. The molecule has 0 fully saturated rings. The number of carbonyl (C=O) groups excluding carboxylic acids is 1. The van der Waals surface area contributed by atoms with Crippen molar-refractivity contribution in [3.63, 3.8) is 0 Å². The first-order valence-electron chi connectivity index (χ1n) is 8.40. The van der Waals surface area contributed by atoms with E-state index in [4.69, 9.17) is 4.74 Å². The highest BCUT2D eigenvalue weighted by Crippen LogP contribution is 2.06. The van der Waals surface area contributed by atoms with Crippen LogP contribution >= 0.6 is 24.0 Å². The van der Waals surface area contributed by atoms with Crippen LogP contribution in [-0.2, 0) is 11.3 Å². The number of ether oxygens (including phenoxy) is 1. The summed E-state index contributed by atoms with van der Waals surface area (Å²) in [6.45, 7) is 4.00. The molecule has 26 heavy (non-hydrogen) atoms. The van der Waals surface area contributed by atoms with Crippen LogP contribution in [-0.4, -0.2) is 83.2 Å². The Morgan fingerprint density at radius 3 is 2.31 bits per heavy atom. The number of rotatable bonds is 9. The van der Waals surface area contributed by atoms with Gasteiger partial charge in [-0.25, -0.2) is 0 Å². The normalized spacial score (nSPS) is 11.1. The van der Waals surface area contributed by atoms with Gasteiger partial charge in [-0.05, 0) is 24.7 Å². The number of nitrogens with one attached hydrogen (secondary N) is 2. The average molecular weight is 477 g/mol. The van der Waals surface area contributed by atoms with Crippen molar-refractivity contribution in [2.75, 3.05) is 61.5 Å². The third-order valence-electron chi connectivity index (χ3n) is 3.75. The van der Waals surface area contributed by atoms with Crippen LogP contribution in [0.4, 0.5) is 0 Å². The molecule has 148 valence electrons. The maximum Gasteiger partial charge on any atom is 0.253 e. The van der Waals surface area contributed by atoms with E-state index in [9.17, 15) is 4.79 Å². The van der Waals surface area contributed by atoms with Gasteiger partial charge in [-0.2, -0.15) is 0 Å². The van der Waals surface area contributed by atoms with Crippen molar-refractivity contribution >= 4 is 35.8 Å². The number of amides is 1. The number of methoxy groups -OCH3 is 1. The summed E-state index contributed by atoms with van der Waals surface area (Å²) in [4.78, 5) is 19.9. The van der Waals surface area contributed by atoms with Gasteiger partial charge in [-0.3, -0.25) is 9.79 Å². The van der Waals surface area contributed by atoms with Crippen LogP contribution in [0.25, 0.3) is 0 Å². The Morgan fingerprint density at radius 1 is 1.12 bits per heavy atom. The second-order valence-corrected chi connectivity index (χ2v) is 6.05. The highest BCUT2D eigenvalue weighted by molar-refractivity contribution is 14.0. The third kappa shape index (κ3) is 9.35. The summed E-state index contributed by atoms with van der Waals surface area (Å²) in [7, 11) is 9.03. The molecule has 2 N–H and O–H groups in total. The van der Waals surface area contributed by atoms with Gasteiger partial charge in [0.2, 0.25) is 0 Å². The predicted octanol–water partition coefficient (Wildman–Crippen LogP) is 1.25. The number of aliphatic imine (C=N–C) groups is 1. The van der Waals surface area contributed by atoms with E-state index in [2.05, 4.69) is 27.6 Å². The molecule has 1 aromatic rings. The molecular formula is C18H32IN5O2. The van der Waals surface area contributed by atoms with Crippen molar-refractivity contribution in [2.45, 2.75) is 6.54 Å². The number of benzene rings is 1. The minimum Gasteiger partial charge on any atom is -0.383 e. The summed E-state index contributed by atoms with van der Waals surface area (Å²) >= 11 is 0. The summed E-state index contributed by atoms with van der Waals surface area (Å²) in [5, 5.41) is 6.56. The first kappa shape index (κ1) is 24.6. The molecule has 1 amide bonds. The van der Waals surface area contributed by atoms with Crippen LogP contribution in [0.3, 0.4) is 0 Å². The molecule has 7 nitrogen and oxygen atoms in total. The number of hydrogen-bond donors (Lipinski definition) is 2. The van der Waals surface area contributed by atoms with E-state index in [0.717, 1.165) is 37.8 Å². The monoisotopic (exact) mass is 477 g/mol. The van der Waals surface area contributed by atoms with E-state index in [-0.39, 0.29) is 29.9 Å². The molecule has 0 aromatic heterocycles. The lowest BCUT2D eigenvalue weighted by Gasteiger charge is -2.18. The fourth-order valence-corrected chi connectivity index (χ4v) is 2.15. The summed E-state index contributed by atoms with van der Waals surface area (Å²) in [5.41, 5.74) is 1.78. The molecule has 1 aromatic carbocycles. The van der Waals surface area contributed by atoms with Crippen LogP contribution < -0.4 is 10.6 Å². The molecule has 1 rings (SSSR count). The zero-order chi connectivity index (χ0) is 18.7. The minimum absolute atomic E-state index is 0. The molecule has 0 bridgehead atoms. The Balaban J connectivity index is 0.00000625. The predicted molar refractivity (Wildman–Crippen MR) is 117 cm³/mol. The van der Waals surface area contributed by atoms with Crippen molar-refractivity contribution in [1.82, 2.24) is 20.4 Å². The number of hydrogen-bond acceptors (Lipinski definition) is 4. The number of likely N-dealkylation sites (N-methyl/N-ethyl adjacent to an activating group) is 1. The van der Waals surface area contributed by atoms with Gasteiger partial charge >= 0.3 is 0 Å². The van der Waals surface area contributed by atoms with Crippen LogP contribution in [0, 0.1) is 0 Å². The molecular weight excluding hydrogens is 445 g/mol. The van der Waals surface area contributed by atoms with Gasteiger partial charge in [0.1, 0.15) is 0 Å². The summed E-state index contributed by atoms with van der Waals surface area (Å²) < 4.78 is 5.06. The zero-order valence-corrected chi connectivity index (χ0v) is 18.7. The molecule has 0 atom stereocenters. The van der Waals surface area contributed by atoms with E-state index >= 15 is 0 Å².